The predicted octanol–water partition coefficient (Wildman–Crippen LogP) is 2.35. The highest BCUT2D eigenvalue weighted by Gasteiger charge is 2.06. The maximum absolute atomic E-state index is 12.2. The SMILES string of the molecule is Cc1cc(C)n(Cc2ccc(C(=O)N/N=C/c3cn(C)nc3C)cc2)n1. The Kier molecular flexibility index (Phi) is 4.97. The van der Waals surface area contributed by atoms with Gasteiger partial charge in [-0.1, -0.05) is 12.1 Å². The Morgan fingerprint density at radius 1 is 1.19 bits per heavy atom. The molecule has 0 fully saturated rings. The van der Waals surface area contributed by atoms with Crippen LogP contribution in [0.3, 0.4) is 0 Å². The normalized spacial score (nSPS) is 11.2. The van der Waals surface area contributed by atoms with Gasteiger partial charge in [-0.25, -0.2) is 5.43 Å². The first-order chi connectivity index (χ1) is 12.4. The van der Waals surface area contributed by atoms with E-state index < -0.39 is 0 Å². The summed E-state index contributed by atoms with van der Waals surface area (Å²) in [4.78, 5) is 12.2. The van der Waals surface area contributed by atoms with Crippen molar-refractivity contribution in [3.63, 3.8) is 0 Å². The van der Waals surface area contributed by atoms with Crippen LogP contribution in [0.5, 0.6) is 0 Å². The number of carbonyl (C=O) groups is 1. The van der Waals surface area contributed by atoms with Crippen molar-refractivity contribution in [3.05, 3.63) is 70.3 Å². The van der Waals surface area contributed by atoms with E-state index in [1.165, 1.54) is 0 Å². The fourth-order valence-corrected chi connectivity index (χ4v) is 2.74. The van der Waals surface area contributed by atoms with Crippen LogP contribution in [0, 0.1) is 20.8 Å². The average molecular weight is 350 g/mol. The standard InChI is InChI=1S/C19H22N6O/c1-13-9-14(2)25(22-13)11-16-5-7-17(8-6-16)19(26)21-20-10-18-12-24(4)23-15(18)3/h5-10,12H,11H2,1-4H3,(H,21,26)/b20-10+. The van der Waals surface area contributed by atoms with Gasteiger partial charge in [-0.2, -0.15) is 15.3 Å². The Hall–Kier alpha value is -3.22. The number of carbonyl (C=O) groups excluding carboxylic acids is 1. The van der Waals surface area contributed by atoms with E-state index in [-0.39, 0.29) is 5.91 Å². The lowest BCUT2D eigenvalue weighted by molar-refractivity contribution is 0.0955. The molecule has 0 radical (unpaired) electrons. The van der Waals surface area contributed by atoms with Crippen LogP contribution in [-0.2, 0) is 13.6 Å². The van der Waals surface area contributed by atoms with Crippen LogP contribution in [-0.4, -0.2) is 31.7 Å². The predicted molar refractivity (Wildman–Crippen MR) is 100 cm³/mol. The van der Waals surface area contributed by atoms with E-state index in [0.717, 1.165) is 28.2 Å². The zero-order valence-corrected chi connectivity index (χ0v) is 15.4. The van der Waals surface area contributed by atoms with E-state index >= 15 is 0 Å². The summed E-state index contributed by atoms with van der Waals surface area (Å²) in [7, 11) is 1.84. The van der Waals surface area contributed by atoms with Crippen LogP contribution < -0.4 is 5.43 Å². The molecule has 0 unspecified atom stereocenters. The lowest BCUT2D eigenvalue weighted by atomic mass is 10.1. The number of hydrogen-bond acceptors (Lipinski definition) is 4. The second kappa shape index (κ2) is 7.35. The second-order valence-electron chi connectivity index (χ2n) is 6.32. The third-order valence-electron chi connectivity index (χ3n) is 4.07. The zero-order chi connectivity index (χ0) is 18.7. The molecule has 0 aliphatic rings. The zero-order valence-electron chi connectivity index (χ0n) is 15.4. The van der Waals surface area contributed by atoms with Crippen LogP contribution >= 0.6 is 0 Å². The first-order valence-corrected chi connectivity index (χ1v) is 8.36. The summed E-state index contributed by atoms with van der Waals surface area (Å²) in [5.74, 6) is -0.250. The van der Waals surface area contributed by atoms with E-state index in [1.807, 2.05) is 56.9 Å². The summed E-state index contributed by atoms with van der Waals surface area (Å²) in [6.45, 7) is 6.58. The minimum Gasteiger partial charge on any atom is -0.275 e. The number of nitrogens with one attached hydrogen (secondary N) is 1. The molecule has 1 aromatic carbocycles. The second-order valence-corrected chi connectivity index (χ2v) is 6.32. The first kappa shape index (κ1) is 17.6. The topological polar surface area (TPSA) is 77.1 Å². The Morgan fingerprint density at radius 2 is 1.92 bits per heavy atom. The summed E-state index contributed by atoms with van der Waals surface area (Å²) in [5.41, 5.74) is 8.03. The van der Waals surface area contributed by atoms with Crippen LogP contribution in [0.2, 0.25) is 0 Å². The Labute approximate surface area is 152 Å². The molecule has 0 aliphatic carbocycles. The van der Waals surface area contributed by atoms with Gasteiger partial charge in [-0.15, -0.1) is 0 Å². The highest BCUT2D eigenvalue weighted by molar-refractivity contribution is 5.94. The molecule has 26 heavy (non-hydrogen) atoms. The highest BCUT2D eigenvalue weighted by Crippen LogP contribution is 2.09. The van der Waals surface area contributed by atoms with Gasteiger partial charge in [0.25, 0.3) is 5.91 Å². The van der Waals surface area contributed by atoms with E-state index in [9.17, 15) is 4.79 Å². The molecule has 134 valence electrons. The molecule has 0 saturated heterocycles. The third kappa shape index (κ3) is 4.05. The molecule has 7 heteroatoms. The number of rotatable bonds is 5. The smallest absolute Gasteiger partial charge is 0.271 e. The molecule has 1 N–H and O–H groups in total. The number of aromatic nitrogens is 4. The summed E-state index contributed by atoms with van der Waals surface area (Å²) < 4.78 is 3.66. The average Bonchev–Trinajstić information content (AvgIpc) is 3.08. The van der Waals surface area contributed by atoms with Crippen molar-refractivity contribution in [2.24, 2.45) is 12.1 Å². The van der Waals surface area contributed by atoms with Crippen molar-refractivity contribution < 1.29 is 4.79 Å². The lowest BCUT2D eigenvalue weighted by Gasteiger charge is -2.06. The minimum atomic E-state index is -0.250. The Bertz CT molecular complexity index is 949. The van der Waals surface area contributed by atoms with Gasteiger partial charge < -0.3 is 0 Å². The van der Waals surface area contributed by atoms with Gasteiger partial charge in [0.05, 0.1) is 24.1 Å². The number of aryl methyl sites for hydroxylation is 4. The third-order valence-corrected chi connectivity index (χ3v) is 4.07. The number of benzene rings is 1. The molecule has 3 aromatic rings. The molecule has 0 aliphatic heterocycles. The van der Waals surface area contributed by atoms with Crippen molar-refractivity contribution in [3.8, 4) is 0 Å². The monoisotopic (exact) mass is 350 g/mol. The van der Waals surface area contributed by atoms with Crippen LogP contribution in [0.1, 0.15) is 38.6 Å². The molecule has 0 saturated carbocycles. The largest absolute Gasteiger partial charge is 0.275 e. The number of hydrogen-bond donors (Lipinski definition) is 1. The molecular weight excluding hydrogens is 328 g/mol. The summed E-state index contributed by atoms with van der Waals surface area (Å²) in [5, 5.41) is 12.7. The summed E-state index contributed by atoms with van der Waals surface area (Å²) >= 11 is 0. The van der Waals surface area contributed by atoms with Gasteiger partial charge in [0.15, 0.2) is 0 Å². The quantitative estimate of drug-likeness (QED) is 0.567. The number of hydrazone groups is 1. The fourth-order valence-electron chi connectivity index (χ4n) is 2.74. The van der Waals surface area contributed by atoms with Crippen LogP contribution in [0.25, 0.3) is 0 Å². The lowest BCUT2D eigenvalue weighted by Crippen LogP contribution is -2.17. The summed E-state index contributed by atoms with van der Waals surface area (Å²) in [6.07, 6.45) is 3.44. The van der Waals surface area contributed by atoms with E-state index in [1.54, 1.807) is 23.0 Å². The molecular formula is C19H22N6O. The van der Waals surface area contributed by atoms with Crippen LogP contribution in [0.15, 0.2) is 41.6 Å². The van der Waals surface area contributed by atoms with Crippen molar-refractivity contribution in [2.75, 3.05) is 0 Å². The van der Waals surface area contributed by atoms with Gasteiger partial charge in [0.1, 0.15) is 0 Å². The highest BCUT2D eigenvalue weighted by atomic mass is 16.2. The molecule has 2 heterocycles. The summed E-state index contributed by atoms with van der Waals surface area (Å²) in [6, 6.07) is 9.49. The number of amides is 1. The van der Waals surface area contributed by atoms with Gasteiger partial charge in [0.2, 0.25) is 0 Å². The minimum absolute atomic E-state index is 0.250. The van der Waals surface area contributed by atoms with Crippen molar-refractivity contribution >= 4 is 12.1 Å². The fraction of sp³-hybridized carbons (Fsp3) is 0.263. The Morgan fingerprint density at radius 3 is 2.50 bits per heavy atom. The maximum Gasteiger partial charge on any atom is 0.271 e. The first-order valence-electron chi connectivity index (χ1n) is 8.36. The number of nitrogens with zero attached hydrogens (tertiary/aromatic N) is 5. The van der Waals surface area contributed by atoms with Crippen molar-refractivity contribution in [1.82, 2.24) is 25.0 Å². The molecule has 2 aromatic heterocycles. The molecule has 0 bridgehead atoms. The van der Waals surface area contributed by atoms with Crippen molar-refractivity contribution in [1.29, 1.82) is 0 Å². The van der Waals surface area contributed by atoms with E-state index in [2.05, 4.69) is 20.7 Å². The van der Waals surface area contributed by atoms with E-state index in [4.69, 9.17) is 0 Å². The van der Waals surface area contributed by atoms with Crippen molar-refractivity contribution in [2.45, 2.75) is 27.3 Å². The van der Waals surface area contributed by atoms with E-state index in [0.29, 0.717) is 12.1 Å². The molecule has 1 amide bonds. The molecule has 0 atom stereocenters. The Balaban J connectivity index is 1.61. The molecule has 0 spiro atoms. The van der Waals surface area contributed by atoms with Gasteiger partial charge in [0, 0.05) is 30.1 Å². The van der Waals surface area contributed by atoms with Gasteiger partial charge in [-0.05, 0) is 44.5 Å². The molecule has 3 rings (SSSR count). The van der Waals surface area contributed by atoms with Gasteiger partial charge >= 0.3 is 0 Å². The molecule has 7 nitrogen and oxygen atoms in total. The van der Waals surface area contributed by atoms with Crippen LogP contribution in [0.4, 0.5) is 0 Å². The maximum atomic E-state index is 12.2. The van der Waals surface area contributed by atoms with Gasteiger partial charge in [-0.3, -0.25) is 14.2 Å².